The van der Waals surface area contributed by atoms with E-state index >= 15 is 0 Å². The summed E-state index contributed by atoms with van der Waals surface area (Å²) in [6, 6.07) is 12.2. The van der Waals surface area contributed by atoms with Gasteiger partial charge in [0.25, 0.3) is 0 Å². The molecule has 1 N–H and O–H groups in total. The van der Waals surface area contributed by atoms with Gasteiger partial charge in [0.05, 0.1) is 5.56 Å². The van der Waals surface area contributed by atoms with Gasteiger partial charge in [-0.2, -0.15) is 0 Å². The molecule has 2 rings (SSSR count). The fraction of sp³-hybridized carbons (Fsp3) is 0.0714. The van der Waals surface area contributed by atoms with Gasteiger partial charge in [0, 0.05) is 0 Å². The highest BCUT2D eigenvalue weighted by atomic mass is 19.1. The second-order valence-corrected chi connectivity index (χ2v) is 3.75. The Morgan fingerprint density at radius 2 is 1.89 bits per heavy atom. The zero-order chi connectivity index (χ0) is 13.0. The third-order valence-corrected chi connectivity index (χ3v) is 2.40. The third-order valence-electron chi connectivity index (χ3n) is 2.40. The van der Waals surface area contributed by atoms with Gasteiger partial charge in [-0.15, -0.1) is 0 Å². The highest BCUT2D eigenvalue weighted by Crippen LogP contribution is 2.15. The number of ether oxygens (including phenoxy) is 1. The highest BCUT2D eigenvalue weighted by molar-refractivity contribution is 5.87. The largest absolute Gasteiger partial charge is 0.489 e. The van der Waals surface area contributed by atoms with Crippen LogP contribution in [0.25, 0.3) is 0 Å². The van der Waals surface area contributed by atoms with E-state index in [1.54, 1.807) is 24.3 Å². The molecule has 0 unspecified atom stereocenters. The van der Waals surface area contributed by atoms with Crippen LogP contribution in [0.4, 0.5) is 4.39 Å². The molecular weight excluding hydrogens is 235 g/mol. The van der Waals surface area contributed by atoms with Crippen molar-refractivity contribution >= 4 is 5.97 Å². The molecule has 0 radical (unpaired) electrons. The number of carbonyl (C=O) groups is 1. The summed E-state index contributed by atoms with van der Waals surface area (Å²) in [6.07, 6.45) is 0. The van der Waals surface area contributed by atoms with Crippen LogP contribution < -0.4 is 4.74 Å². The Balaban J connectivity index is 2.04. The predicted molar refractivity (Wildman–Crippen MR) is 64.1 cm³/mol. The van der Waals surface area contributed by atoms with Gasteiger partial charge in [-0.25, -0.2) is 9.18 Å². The summed E-state index contributed by atoms with van der Waals surface area (Å²) in [5, 5.41) is 8.83. The number of halogens is 1. The maximum Gasteiger partial charge on any atom is 0.335 e. The first-order valence-electron chi connectivity index (χ1n) is 5.36. The standard InChI is InChI=1S/C14H11FO3/c15-12-6-4-10(5-7-12)9-18-13-3-1-2-11(8-13)14(16)17/h1-8H,9H2,(H,16,17). The number of aromatic carboxylic acids is 1. The number of hydrogen-bond acceptors (Lipinski definition) is 2. The van der Waals surface area contributed by atoms with E-state index in [1.807, 2.05) is 0 Å². The van der Waals surface area contributed by atoms with Crippen LogP contribution in [0.5, 0.6) is 5.75 Å². The van der Waals surface area contributed by atoms with Gasteiger partial charge in [0.15, 0.2) is 0 Å². The molecule has 0 heterocycles. The molecule has 0 atom stereocenters. The minimum Gasteiger partial charge on any atom is -0.489 e. The van der Waals surface area contributed by atoms with Gasteiger partial charge in [-0.3, -0.25) is 0 Å². The minimum absolute atomic E-state index is 0.173. The van der Waals surface area contributed by atoms with Crippen molar-refractivity contribution in [1.29, 1.82) is 0 Å². The molecule has 0 saturated carbocycles. The van der Waals surface area contributed by atoms with Crippen molar-refractivity contribution < 1.29 is 19.0 Å². The molecule has 0 amide bonds. The van der Waals surface area contributed by atoms with Gasteiger partial charge in [-0.1, -0.05) is 18.2 Å². The first kappa shape index (κ1) is 12.1. The van der Waals surface area contributed by atoms with Crippen molar-refractivity contribution in [3.63, 3.8) is 0 Å². The topological polar surface area (TPSA) is 46.5 Å². The van der Waals surface area contributed by atoms with E-state index in [-0.39, 0.29) is 18.0 Å². The lowest BCUT2D eigenvalue weighted by Gasteiger charge is -2.06. The Hall–Kier alpha value is -2.36. The van der Waals surface area contributed by atoms with E-state index in [0.717, 1.165) is 5.56 Å². The van der Waals surface area contributed by atoms with Gasteiger partial charge in [0.1, 0.15) is 18.2 Å². The Kier molecular flexibility index (Phi) is 3.57. The van der Waals surface area contributed by atoms with Crippen molar-refractivity contribution in [2.24, 2.45) is 0 Å². The average Bonchev–Trinajstić information content (AvgIpc) is 2.38. The van der Waals surface area contributed by atoms with E-state index in [4.69, 9.17) is 9.84 Å². The van der Waals surface area contributed by atoms with Crippen molar-refractivity contribution in [2.75, 3.05) is 0 Å². The number of hydrogen-bond donors (Lipinski definition) is 1. The van der Waals surface area contributed by atoms with Crippen molar-refractivity contribution in [2.45, 2.75) is 6.61 Å². The van der Waals surface area contributed by atoms with Crippen LogP contribution in [0.15, 0.2) is 48.5 Å². The summed E-state index contributed by atoms with van der Waals surface area (Å²) >= 11 is 0. The van der Waals surface area contributed by atoms with E-state index in [9.17, 15) is 9.18 Å². The van der Waals surface area contributed by atoms with Gasteiger partial charge >= 0.3 is 5.97 Å². The molecule has 0 bridgehead atoms. The summed E-state index contributed by atoms with van der Waals surface area (Å²) in [4.78, 5) is 10.8. The molecule has 0 aromatic heterocycles. The Bertz CT molecular complexity index is 549. The van der Waals surface area contributed by atoms with E-state index in [1.165, 1.54) is 24.3 Å². The summed E-state index contributed by atoms with van der Waals surface area (Å²) in [6.45, 7) is 0.267. The molecule has 18 heavy (non-hydrogen) atoms. The lowest BCUT2D eigenvalue weighted by Crippen LogP contribution is -1.99. The molecule has 0 aliphatic carbocycles. The summed E-state index contributed by atoms with van der Waals surface area (Å²) < 4.78 is 18.1. The van der Waals surface area contributed by atoms with Crippen LogP contribution in [-0.4, -0.2) is 11.1 Å². The maximum atomic E-state index is 12.7. The Morgan fingerprint density at radius 3 is 2.56 bits per heavy atom. The first-order valence-corrected chi connectivity index (χ1v) is 5.36. The molecule has 0 aliphatic rings. The summed E-state index contributed by atoms with van der Waals surface area (Å²) in [5.74, 6) is -0.826. The molecule has 92 valence electrons. The number of benzene rings is 2. The first-order chi connectivity index (χ1) is 8.65. The van der Waals surface area contributed by atoms with Crippen LogP contribution in [0.1, 0.15) is 15.9 Å². The van der Waals surface area contributed by atoms with Gasteiger partial charge in [0.2, 0.25) is 0 Å². The SMILES string of the molecule is O=C(O)c1cccc(OCc2ccc(F)cc2)c1. The minimum atomic E-state index is -0.998. The van der Waals surface area contributed by atoms with Gasteiger partial charge < -0.3 is 9.84 Å². The number of carboxylic acid groups (broad SMARTS) is 1. The Morgan fingerprint density at radius 1 is 1.17 bits per heavy atom. The van der Waals surface area contributed by atoms with Gasteiger partial charge in [-0.05, 0) is 35.9 Å². The van der Waals surface area contributed by atoms with E-state index in [0.29, 0.717) is 5.75 Å². The molecule has 0 saturated heterocycles. The third kappa shape index (κ3) is 3.07. The normalized spacial score (nSPS) is 10.1. The number of carboxylic acids is 1. The smallest absolute Gasteiger partial charge is 0.335 e. The van der Waals surface area contributed by atoms with Crippen LogP contribution in [-0.2, 0) is 6.61 Å². The second-order valence-electron chi connectivity index (χ2n) is 3.75. The van der Waals surface area contributed by atoms with Crippen molar-refractivity contribution in [3.05, 3.63) is 65.5 Å². The predicted octanol–water partition coefficient (Wildman–Crippen LogP) is 3.10. The van der Waals surface area contributed by atoms with Crippen LogP contribution in [0, 0.1) is 5.82 Å². The quantitative estimate of drug-likeness (QED) is 0.901. The zero-order valence-electron chi connectivity index (χ0n) is 9.47. The van der Waals surface area contributed by atoms with E-state index in [2.05, 4.69) is 0 Å². The molecular formula is C14H11FO3. The maximum absolute atomic E-state index is 12.7. The average molecular weight is 246 g/mol. The summed E-state index contributed by atoms with van der Waals surface area (Å²) in [7, 11) is 0. The van der Waals surface area contributed by atoms with E-state index < -0.39 is 5.97 Å². The molecule has 0 aliphatic heterocycles. The highest BCUT2D eigenvalue weighted by Gasteiger charge is 2.04. The van der Waals surface area contributed by atoms with Crippen LogP contribution in [0.2, 0.25) is 0 Å². The van der Waals surface area contributed by atoms with Crippen molar-refractivity contribution in [3.8, 4) is 5.75 Å². The lowest BCUT2D eigenvalue weighted by molar-refractivity contribution is 0.0696. The number of rotatable bonds is 4. The Labute approximate surface area is 103 Å². The molecule has 0 fully saturated rings. The molecule has 2 aromatic carbocycles. The lowest BCUT2D eigenvalue weighted by atomic mass is 10.2. The van der Waals surface area contributed by atoms with Crippen molar-refractivity contribution in [1.82, 2.24) is 0 Å². The molecule has 0 spiro atoms. The molecule has 2 aromatic rings. The van der Waals surface area contributed by atoms with Crippen LogP contribution in [0.3, 0.4) is 0 Å². The fourth-order valence-electron chi connectivity index (χ4n) is 1.47. The van der Waals surface area contributed by atoms with Crippen LogP contribution >= 0.6 is 0 Å². The molecule has 3 nitrogen and oxygen atoms in total. The monoisotopic (exact) mass is 246 g/mol. The fourth-order valence-corrected chi connectivity index (χ4v) is 1.47. The molecule has 4 heteroatoms. The summed E-state index contributed by atoms with van der Waals surface area (Å²) in [5.41, 5.74) is 0.990. The second kappa shape index (κ2) is 5.31. The zero-order valence-corrected chi connectivity index (χ0v) is 9.47.